The van der Waals surface area contributed by atoms with Gasteiger partial charge in [0, 0.05) is 19.3 Å². The van der Waals surface area contributed by atoms with Crippen LogP contribution in [0.4, 0.5) is 5.69 Å². The average Bonchev–Trinajstić information content (AvgIpc) is 2.46. The van der Waals surface area contributed by atoms with E-state index in [-0.39, 0.29) is 6.54 Å². The molecule has 0 radical (unpaired) electrons. The predicted octanol–water partition coefficient (Wildman–Crippen LogP) is 0.424. The van der Waals surface area contributed by atoms with Crippen LogP contribution in [-0.2, 0) is 11.3 Å². The molecule has 0 spiro atoms. The third kappa shape index (κ3) is 1.71. The number of aliphatic carboxylic acids is 1. The molecule has 2 rings (SSSR count). The molecule has 1 aliphatic rings. The summed E-state index contributed by atoms with van der Waals surface area (Å²) in [6.45, 7) is 4.21. The summed E-state index contributed by atoms with van der Waals surface area (Å²) >= 11 is 0. The van der Waals surface area contributed by atoms with Gasteiger partial charge < -0.3 is 10.0 Å². The Bertz CT molecular complexity index is 342. The molecule has 14 heavy (non-hydrogen) atoms. The maximum Gasteiger partial charge on any atom is 0.325 e. The molecule has 0 saturated carbocycles. The Balaban J connectivity index is 1.99. The van der Waals surface area contributed by atoms with E-state index in [1.54, 1.807) is 12.4 Å². The number of hydrogen-bond donors (Lipinski definition) is 1. The summed E-state index contributed by atoms with van der Waals surface area (Å²) in [4.78, 5) is 12.6. The van der Waals surface area contributed by atoms with Gasteiger partial charge in [0.1, 0.15) is 6.54 Å². The van der Waals surface area contributed by atoms with Crippen molar-refractivity contribution in [3.05, 3.63) is 12.4 Å². The first-order valence-electron chi connectivity index (χ1n) is 4.64. The fourth-order valence-electron chi connectivity index (χ4n) is 1.65. The molecule has 0 aromatic carbocycles. The highest BCUT2D eigenvalue weighted by Crippen LogP contribution is 2.23. The van der Waals surface area contributed by atoms with Gasteiger partial charge in [0.05, 0.1) is 11.9 Å². The molecule has 0 amide bonds. The molecule has 0 unspecified atom stereocenters. The van der Waals surface area contributed by atoms with Gasteiger partial charge in [0.25, 0.3) is 0 Å². The fraction of sp³-hybridized carbons (Fsp3) is 0.556. The van der Waals surface area contributed by atoms with Gasteiger partial charge in [-0.05, 0) is 5.92 Å². The highest BCUT2D eigenvalue weighted by atomic mass is 16.4. The molecule has 1 aromatic heterocycles. The molecule has 0 atom stereocenters. The van der Waals surface area contributed by atoms with Crippen molar-refractivity contribution in [2.75, 3.05) is 18.0 Å². The van der Waals surface area contributed by atoms with Crippen LogP contribution in [0.25, 0.3) is 0 Å². The van der Waals surface area contributed by atoms with Crippen molar-refractivity contribution in [3.63, 3.8) is 0 Å². The van der Waals surface area contributed by atoms with Gasteiger partial charge in [-0.3, -0.25) is 9.48 Å². The maximum atomic E-state index is 10.4. The number of aromatic nitrogens is 2. The minimum atomic E-state index is -0.864. The van der Waals surface area contributed by atoms with Gasteiger partial charge >= 0.3 is 5.97 Å². The summed E-state index contributed by atoms with van der Waals surface area (Å²) in [5.74, 6) is -0.130. The number of carbonyl (C=O) groups is 1. The van der Waals surface area contributed by atoms with E-state index < -0.39 is 5.97 Å². The van der Waals surface area contributed by atoms with E-state index in [4.69, 9.17) is 5.11 Å². The van der Waals surface area contributed by atoms with Crippen molar-refractivity contribution >= 4 is 11.7 Å². The van der Waals surface area contributed by atoms with Crippen molar-refractivity contribution in [2.45, 2.75) is 13.5 Å². The third-order valence-electron chi connectivity index (χ3n) is 2.35. The first-order chi connectivity index (χ1) is 6.65. The summed E-state index contributed by atoms with van der Waals surface area (Å²) < 4.78 is 1.45. The Kier molecular flexibility index (Phi) is 2.15. The lowest BCUT2D eigenvalue weighted by molar-refractivity contribution is -0.137. The molecule has 1 aromatic rings. The Morgan fingerprint density at radius 1 is 1.71 bits per heavy atom. The highest BCUT2D eigenvalue weighted by Gasteiger charge is 2.23. The molecule has 1 fully saturated rings. The van der Waals surface area contributed by atoms with Crippen LogP contribution >= 0.6 is 0 Å². The molecule has 2 heterocycles. The summed E-state index contributed by atoms with van der Waals surface area (Å²) in [5, 5.41) is 12.5. The Morgan fingerprint density at radius 3 is 3.00 bits per heavy atom. The number of anilines is 1. The van der Waals surface area contributed by atoms with Crippen LogP contribution in [0.5, 0.6) is 0 Å². The number of carboxylic acids is 1. The van der Waals surface area contributed by atoms with Crippen molar-refractivity contribution in [1.29, 1.82) is 0 Å². The zero-order valence-electron chi connectivity index (χ0n) is 8.05. The smallest absolute Gasteiger partial charge is 0.325 e. The lowest BCUT2D eigenvalue weighted by Crippen LogP contribution is -2.44. The van der Waals surface area contributed by atoms with E-state index in [9.17, 15) is 4.79 Å². The monoisotopic (exact) mass is 195 g/mol. The number of rotatable bonds is 3. The molecule has 5 nitrogen and oxygen atoms in total. The molecular weight excluding hydrogens is 182 g/mol. The molecule has 1 saturated heterocycles. The van der Waals surface area contributed by atoms with Crippen molar-refractivity contribution in [2.24, 2.45) is 5.92 Å². The maximum absolute atomic E-state index is 10.4. The normalized spacial score (nSPS) is 16.8. The second kappa shape index (κ2) is 3.32. The third-order valence-corrected chi connectivity index (χ3v) is 2.35. The van der Waals surface area contributed by atoms with E-state index in [0.29, 0.717) is 0 Å². The average molecular weight is 195 g/mol. The van der Waals surface area contributed by atoms with E-state index in [2.05, 4.69) is 16.9 Å². The zero-order valence-corrected chi connectivity index (χ0v) is 8.05. The van der Waals surface area contributed by atoms with Crippen LogP contribution in [0.2, 0.25) is 0 Å². The first kappa shape index (κ1) is 9.05. The van der Waals surface area contributed by atoms with E-state index >= 15 is 0 Å². The topological polar surface area (TPSA) is 58.4 Å². The van der Waals surface area contributed by atoms with E-state index in [0.717, 1.165) is 24.7 Å². The van der Waals surface area contributed by atoms with E-state index in [1.165, 1.54) is 4.68 Å². The van der Waals surface area contributed by atoms with Crippen LogP contribution < -0.4 is 4.90 Å². The zero-order chi connectivity index (χ0) is 10.1. The van der Waals surface area contributed by atoms with Gasteiger partial charge in [0.15, 0.2) is 0 Å². The SMILES string of the molecule is CC1CN(c2cnn(CC(=O)O)c2)C1. The molecule has 1 aliphatic heterocycles. The second-order valence-corrected chi connectivity index (χ2v) is 3.80. The summed E-state index contributed by atoms with van der Waals surface area (Å²) in [7, 11) is 0. The van der Waals surface area contributed by atoms with Gasteiger partial charge in [-0.15, -0.1) is 0 Å². The standard InChI is InChI=1S/C9H13N3O2/c1-7-3-11(4-7)8-2-10-12(5-8)6-9(13)14/h2,5,7H,3-4,6H2,1H3,(H,13,14). The lowest BCUT2D eigenvalue weighted by atomic mass is 10.0. The van der Waals surface area contributed by atoms with Crippen molar-refractivity contribution < 1.29 is 9.90 Å². The molecule has 0 aliphatic carbocycles. The largest absolute Gasteiger partial charge is 0.480 e. The predicted molar refractivity (Wildman–Crippen MR) is 51.2 cm³/mol. The lowest BCUT2D eigenvalue weighted by Gasteiger charge is -2.38. The van der Waals surface area contributed by atoms with Crippen LogP contribution in [0, 0.1) is 5.92 Å². The number of hydrogen-bond acceptors (Lipinski definition) is 3. The highest BCUT2D eigenvalue weighted by molar-refractivity contribution is 5.66. The van der Waals surface area contributed by atoms with Gasteiger partial charge in [-0.1, -0.05) is 6.92 Å². The Labute approximate surface area is 81.9 Å². The molecular formula is C9H13N3O2. The number of nitrogens with zero attached hydrogens (tertiary/aromatic N) is 3. The fourth-order valence-corrected chi connectivity index (χ4v) is 1.65. The van der Waals surface area contributed by atoms with Crippen LogP contribution in [-0.4, -0.2) is 33.9 Å². The molecule has 5 heteroatoms. The minimum Gasteiger partial charge on any atom is -0.480 e. The van der Waals surface area contributed by atoms with Gasteiger partial charge in [-0.25, -0.2) is 0 Å². The van der Waals surface area contributed by atoms with Crippen LogP contribution in [0.1, 0.15) is 6.92 Å². The summed E-state index contributed by atoms with van der Waals surface area (Å²) in [6, 6.07) is 0. The Hall–Kier alpha value is -1.52. The first-order valence-corrected chi connectivity index (χ1v) is 4.64. The number of carboxylic acid groups (broad SMARTS) is 1. The second-order valence-electron chi connectivity index (χ2n) is 3.80. The van der Waals surface area contributed by atoms with E-state index in [1.807, 2.05) is 0 Å². The summed E-state index contributed by atoms with van der Waals surface area (Å²) in [6.07, 6.45) is 3.49. The Morgan fingerprint density at radius 2 is 2.43 bits per heavy atom. The minimum absolute atomic E-state index is 0.0661. The quantitative estimate of drug-likeness (QED) is 0.759. The van der Waals surface area contributed by atoms with Gasteiger partial charge in [-0.2, -0.15) is 5.10 Å². The molecule has 76 valence electrons. The molecule has 0 bridgehead atoms. The van der Waals surface area contributed by atoms with Crippen LogP contribution in [0.15, 0.2) is 12.4 Å². The summed E-state index contributed by atoms with van der Waals surface area (Å²) in [5.41, 5.74) is 1.02. The van der Waals surface area contributed by atoms with Crippen molar-refractivity contribution in [3.8, 4) is 0 Å². The van der Waals surface area contributed by atoms with Crippen molar-refractivity contribution in [1.82, 2.24) is 9.78 Å². The van der Waals surface area contributed by atoms with Gasteiger partial charge in [0.2, 0.25) is 0 Å². The van der Waals surface area contributed by atoms with Crippen LogP contribution in [0.3, 0.4) is 0 Å². The molecule has 1 N–H and O–H groups in total.